The first-order chi connectivity index (χ1) is 10.1. The van der Waals surface area contributed by atoms with Gasteiger partial charge in [-0.1, -0.05) is 28.9 Å². The third kappa shape index (κ3) is 4.46. The van der Waals surface area contributed by atoms with Gasteiger partial charge < -0.3 is 14.8 Å². The molecule has 5 heteroatoms. The average Bonchev–Trinajstić information content (AvgIpc) is 2.48. The lowest BCUT2D eigenvalue weighted by atomic mass is 10.2. The first-order valence-corrected chi connectivity index (χ1v) is 8.23. The monoisotopic (exact) mass is 413 g/mol. The standard InChI is InChI=1S/C16H17Br2NO2/c1-3-19-10-11-4-5-13(9-14(11)17)21-16-7-6-12(20-2)8-15(16)18/h4-9,19H,3,10H2,1-2H3. The van der Waals surface area contributed by atoms with Gasteiger partial charge in [0.25, 0.3) is 0 Å². The fraction of sp³-hybridized carbons (Fsp3) is 0.250. The molecular formula is C16H17Br2NO2. The van der Waals surface area contributed by atoms with E-state index < -0.39 is 0 Å². The number of hydrogen-bond acceptors (Lipinski definition) is 3. The van der Waals surface area contributed by atoms with Gasteiger partial charge in [-0.05, 0) is 58.4 Å². The molecule has 0 saturated carbocycles. The van der Waals surface area contributed by atoms with Crippen molar-refractivity contribution in [3.05, 3.63) is 50.9 Å². The lowest BCUT2D eigenvalue weighted by Crippen LogP contribution is -2.11. The predicted octanol–water partition coefficient (Wildman–Crippen LogP) is 5.12. The lowest BCUT2D eigenvalue weighted by molar-refractivity contribution is 0.412. The van der Waals surface area contributed by atoms with Crippen LogP contribution >= 0.6 is 31.9 Å². The highest BCUT2D eigenvalue weighted by Crippen LogP contribution is 2.34. The van der Waals surface area contributed by atoms with E-state index in [4.69, 9.17) is 9.47 Å². The van der Waals surface area contributed by atoms with Crippen molar-refractivity contribution in [1.29, 1.82) is 0 Å². The normalized spacial score (nSPS) is 10.5. The maximum Gasteiger partial charge on any atom is 0.141 e. The van der Waals surface area contributed by atoms with Crippen molar-refractivity contribution in [2.75, 3.05) is 13.7 Å². The van der Waals surface area contributed by atoms with Gasteiger partial charge in [-0.25, -0.2) is 0 Å². The Bertz CT molecular complexity index is 617. The van der Waals surface area contributed by atoms with Crippen LogP contribution in [0.4, 0.5) is 0 Å². The third-order valence-corrected chi connectivity index (χ3v) is 4.31. The van der Waals surface area contributed by atoms with Crippen molar-refractivity contribution < 1.29 is 9.47 Å². The molecule has 0 saturated heterocycles. The maximum atomic E-state index is 5.90. The van der Waals surface area contributed by atoms with Gasteiger partial charge >= 0.3 is 0 Å². The minimum absolute atomic E-state index is 0.752. The average molecular weight is 415 g/mol. The van der Waals surface area contributed by atoms with Gasteiger partial charge in [0.2, 0.25) is 0 Å². The fourth-order valence-corrected chi connectivity index (χ4v) is 2.75. The van der Waals surface area contributed by atoms with Gasteiger partial charge in [0.1, 0.15) is 17.2 Å². The first-order valence-electron chi connectivity index (χ1n) is 6.64. The first kappa shape index (κ1) is 16.3. The van der Waals surface area contributed by atoms with Crippen molar-refractivity contribution >= 4 is 31.9 Å². The molecule has 0 aliphatic carbocycles. The predicted molar refractivity (Wildman–Crippen MR) is 92.3 cm³/mol. The smallest absolute Gasteiger partial charge is 0.141 e. The second kappa shape index (κ2) is 7.82. The Kier molecular flexibility index (Phi) is 6.08. The molecule has 0 aromatic heterocycles. The molecule has 2 aromatic carbocycles. The van der Waals surface area contributed by atoms with Crippen LogP contribution in [0.25, 0.3) is 0 Å². The summed E-state index contributed by atoms with van der Waals surface area (Å²) < 4.78 is 13.0. The van der Waals surface area contributed by atoms with Crippen LogP contribution in [0.3, 0.4) is 0 Å². The molecule has 2 aromatic rings. The number of rotatable bonds is 6. The van der Waals surface area contributed by atoms with Crippen LogP contribution in [-0.2, 0) is 6.54 Å². The van der Waals surface area contributed by atoms with Crippen LogP contribution in [0, 0.1) is 0 Å². The van der Waals surface area contributed by atoms with E-state index in [1.54, 1.807) is 7.11 Å². The largest absolute Gasteiger partial charge is 0.497 e. The molecular weight excluding hydrogens is 398 g/mol. The number of hydrogen-bond donors (Lipinski definition) is 1. The van der Waals surface area contributed by atoms with E-state index >= 15 is 0 Å². The zero-order chi connectivity index (χ0) is 15.2. The van der Waals surface area contributed by atoms with E-state index in [9.17, 15) is 0 Å². The van der Waals surface area contributed by atoms with Crippen LogP contribution in [0.5, 0.6) is 17.2 Å². The molecule has 0 atom stereocenters. The van der Waals surface area contributed by atoms with Crippen LogP contribution in [-0.4, -0.2) is 13.7 Å². The topological polar surface area (TPSA) is 30.5 Å². The third-order valence-electron chi connectivity index (χ3n) is 2.96. The van der Waals surface area contributed by atoms with Gasteiger partial charge in [0, 0.05) is 11.0 Å². The number of methoxy groups -OCH3 is 1. The molecule has 0 spiro atoms. The molecule has 3 nitrogen and oxygen atoms in total. The van der Waals surface area contributed by atoms with E-state index in [-0.39, 0.29) is 0 Å². The molecule has 0 bridgehead atoms. The lowest BCUT2D eigenvalue weighted by Gasteiger charge is -2.11. The Morgan fingerprint density at radius 2 is 1.71 bits per heavy atom. The molecule has 112 valence electrons. The second-order valence-electron chi connectivity index (χ2n) is 4.43. The van der Waals surface area contributed by atoms with E-state index in [0.29, 0.717) is 0 Å². The second-order valence-corrected chi connectivity index (χ2v) is 6.14. The summed E-state index contributed by atoms with van der Waals surface area (Å²) in [5, 5.41) is 3.30. The summed E-state index contributed by atoms with van der Waals surface area (Å²) in [5.74, 6) is 2.33. The van der Waals surface area contributed by atoms with Crippen molar-refractivity contribution in [1.82, 2.24) is 5.32 Å². The summed E-state index contributed by atoms with van der Waals surface area (Å²) in [6.45, 7) is 3.87. The number of nitrogens with one attached hydrogen (secondary N) is 1. The van der Waals surface area contributed by atoms with E-state index in [1.807, 2.05) is 30.3 Å². The summed E-state index contributed by atoms with van der Waals surface area (Å²) in [4.78, 5) is 0. The molecule has 0 aliphatic heterocycles. The molecule has 2 rings (SSSR count). The Labute approximate surface area is 141 Å². The number of ether oxygens (including phenoxy) is 2. The summed E-state index contributed by atoms with van der Waals surface area (Å²) in [5.41, 5.74) is 1.21. The molecule has 1 N–H and O–H groups in total. The zero-order valence-corrected chi connectivity index (χ0v) is 15.1. The van der Waals surface area contributed by atoms with Crippen molar-refractivity contribution in [2.24, 2.45) is 0 Å². The van der Waals surface area contributed by atoms with Gasteiger partial charge in [0.15, 0.2) is 0 Å². The minimum Gasteiger partial charge on any atom is -0.497 e. The fourth-order valence-electron chi connectivity index (χ4n) is 1.81. The Morgan fingerprint density at radius 3 is 2.33 bits per heavy atom. The molecule has 0 radical (unpaired) electrons. The molecule has 21 heavy (non-hydrogen) atoms. The number of halogens is 2. The van der Waals surface area contributed by atoms with E-state index in [0.717, 1.165) is 39.3 Å². The summed E-state index contributed by atoms with van der Waals surface area (Å²) in [6.07, 6.45) is 0. The molecule has 0 fully saturated rings. The van der Waals surface area contributed by atoms with Crippen LogP contribution < -0.4 is 14.8 Å². The van der Waals surface area contributed by atoms with Crippen LogP contribution in [0.2, 0.25) is 0 Å². The van der Waals surface area contributed by atoms with E-state index in [2.05, 4.69) is 50.2 Å². The Balaban J connectivity index is 2.14. The summed E-state index contributed by atoms with van der Waals surface area (Å²) in [6, 6.07) is 11.6. The van der Waals surface area contributed by atoms with Crippen LogP contribution in [0.1, 0.15) is 12.5 Å². The number of benzene rings is 2. The maximum absolute atomic E-state index is 5.90. The molecule has 0 heterocycles. The zero-order valence-electron chi connectivity index (χ0n) is 12.0. The van der Waals surface area contributed by atoms with Gasteiger partial charge in [0.05, 0.1) is 11.6 Å². The minimum atomic E-state index is 0.752. The summed E-state index contributed by atoms with van der Waals surface area (Å²) in [7, 11) is 1.64. The Morgan fingerprint density at radius 1 is 1.00 bits per heavy atom. The summed E-state index contributed by atoms with van der Waals surface area (Å²) >= 11 is 7.07. The Hall–Kier alpha value is -1.04. The highest BCUT2D eigenvalue weighted by molar-refractivity contribution is 9.10. The quantitative estimate of drug-likeness (QED) is 0.711. The van der Waals surface area contributed by atoms with E-state index in [1.165, 1.54) is 5.56 Å². The van der Waals surface area contributed by atoms with Crippen molar-refractivity contribution in [2.45, 2.75) is 13.5 Å². The van der Waals surface area contributed by atoms with Gasteiger partial charge in [-0.15, -0.1) is 0 Å². The van der Waals surface area contributed by atoms with Crippen molar-refractivity contribution in [3.8, 4) is 17.2 Å². The van der Waals surface area contributed by atoms with Gasteiger partial charge in [-0.3, -0.25) is 0 Å². The highest BCUT2D eigenvalue weighted by atomic mass is 79.9. The molecule has 0 aliphatic rings. The molecule has 0 unspecified atom stereocenters. The van der Waals surface area contributed by atoms with Gasteiger partial charge in [-0.2, -0.15) is 0 Å². The SMILES string of the molecule is CCNCc1ccc(Oc2ccc(OC)cc2Br)cc1Br. The van der Waals surface area contributed by atoms with Crippen LogP contribution in [0.15, 0.2) is 45.3 Å². The molecule has 0 amide bonds. The highest BCUT2D eigenvalue weighted by Gasteiger charge is 2.07. The van der Waals surface area contributed by atoms with Crippen molar-refractivity contribution in [3.63, 3.8) is 0 Å².